The smallest absolute Gasteiger partial charge is 0.257 e. The van der Waals surface area contributed by atoms with Gasteiger partial charge in [-0.25, -0.2) is 9.37 Å². The molecule has 1 aromatic carbocycles. The molecule has 2 aromatic rings. The van der Waals surface area contributed by atoms with Crippen molar-refractivity contribution in [2.45, 2.75) is 19.9 Å². The Kier molecular flexibility index (Phi) is 4.87. The molecule has 1 aromatic heterocycles. The molecule has 0 saturated heterocycles. The van der Waals surface area contributed by atoms with Gasteiger partial charge < -0.3 is 10.1 Å². The minimum absolute atomic E-state index is 0.243. The van der Waals surface area contributed by atoms with Gasteiger partial charge in [-0.3, -0.25) is 4.79 Å². The SMILES string of the molecule is CCOc1ncccc1C(=O)N[C@H](C)c1ccc(F)cc1. The molecular weight excluding hydrogens is 271 g/mol. The van der Waals surface area contributed by atoms with Gasteiger partial charge in [-0.05, 0) is 43.7 Å². The standard InChI is InChI=1S/C16H17FN2O2/c1-3-21-16-14(5-4-10-18-16)15(20)19-11(2)12-6-8-13(17)9-7-12/h4-11H,3H2,1-2H3,(H,19,20)/t11-/m1/s1. The topological polar surface area (TPSA) is 51.2 Å². The summed E-state index contributed by atoms with van der Waals surface area (Å²) >= 11 is 0. The summed E-state index contributed by atoms with van der Waals surface area (Å²) in [5.41, 5.74) is 1.21. The second kappa shape index (κ2) is 6.83. The van der Waals surface area contributed by atoms with E-state index in [-0.39, 0.29) is 17.8 Å². The average molecular weight is 288 g/mol. The lowest BCUT2D eigenvalue weighted by Crippen LogP contribution is -2.27. The number of nitrogens with zero attached hydrogens (tertiary/aromatic N) is 1. The van der Waals surface area contributed by atoms with Crippen LogP contribution in [0.2, 0.25) is 0 Å². The summed E-state index contributed by atoms with van der Waals surface area (Å²) in [6.07, 6.45) is 1.57. The number of pyridine rings is 1. The van der Waals surface area contributed by atoms with Gasteiger partial charge >= 0.3 is 0 Å². The van der Waals surface area contributed by atoms with Gasteiger partial charge in [0.05, 0.1) is 12.6 Å². The molecule has 0 unspecified atom stereocenters. The molecule has 0 aliphatic carbocycles. The number of hydrogen-bond donors (Lipinski definition) is 1. The van der Waals surface area contributed by atoms with E-state index >= 15 is 0 Å². The number of benzene rings is 1. The molecule has 4 nitrogen and oxygen atoms in total. The monoisotopic (exact) mass is 288 g/mol. The summed E-state index contributed by atoms with van der Waals surface area (Å²) in [7, 11) is 0. The summed E-state index contributed by atoms with van der Waals surface area (Å²) in [4.78, 5) is 16.3. The highest BCUT2D eigenvalue weighted by Crippen LogP contribution is 2.17. The van der Waals surface area contributed by atoms with Crippen LogP contribution in [0.1, 0.15) is 35.8 Å². The van der Waals surface area contributed by atoms with E-state index in [1.54, 1.807) is 30.5 Å². The van der Waals surface area contributed by atoms with Crippen LogP contribution in [0.4, 0.5) is 4.39 Å². The number of carbonyl (C=O) groups excluding carboxylic acids is 1. The lowest BCUT2D eigenvalue weighted by molar-refractivity contribution is 0.0935. The predicted octanol–water partition coefficient (Wildman–Crippen LogP) is 3.11. The highest BCUT2D eigenvalue weighted by molar-refractivity contribution is 5.96. The van der Waals surface area contributed by atoms with Crippen molar-refractivity contribution < 1.29 is 13.9 Å². The van der Waals surface area contributed by atoms with Gasteiger partial charge in [0.2, 0.25) is 5.88 Å². The van der Waals surface area contributed by atoms with Gasteiger partial charge in [0.1, 0.15) is 11.4 Å². The fourth-order valence-corrected chi connectivity index (χ4v) is 1.92. The number of aromatic nitrogens is 1. The Morgan fingerprint density at radius 3 is 2.71 bits per heavy atom. The quantitative estimate of drug-likeness (QED) is 0.919. The first-order valence-electron chi connectivity index (χ1n) is 6.76. The predicted molar refractivity (Wildman–Crippen MR) is 77.7 cm³/mol. The molecule has 1 heterocycles. The Hall–Kier alpha value is -2.43. The van der Waals surface area contributed by atoms with E-state index in [4.69, 9.17) is 4.74 Å². The van der Waals surface area contributed by atoms with Gasteiger partial charge in [-0.15, -0.1) is 0 Å². The minimum atomic E-state index is -0.303. The van der Waals surface area contributed by atoms with E-state index in [9.17, 15) is 9.18 Å². The van der Waals surface area contributed by atoms with Gasteiger partial charge in [-0.2, -0.15) is 0 Å². The van der Waals surface area contributed by atoms with Crippen LogP contribution < -0.4 is 10.1 Å². The molecule has 0 aliphatic heterocycles. The van der Waals surface area contributed by atoms with Crippen molar-refractivity contribution >= 4 is 5.91 Å². The number of carbonyl (C=O) groups is 1. The van der Waals surface area contributed by atoms with E-state index < -0.39 is 0 Å². The molecule has 5 heteroatoms. The van der Waals surface area contributed by atoms with E-state index in [1.807, 2.05) is 13.8 Å². The number of amides is 1. The fourth-order valence-electron chi connectivity index (χ4n) is 1.92. The third-order valence-corrected chi connectivity index (χ3v) is 3.01. The lowest BCUT2D eigenvalue weighted by Gasteiger charge is -2.15. The molecule has 1 amide bonds. The Labute approximate surface area is 123 Å². The molecular formula is C16H17FN2O2. The van der Waals surface area contributed by atoms with Crippen molar-refractivity contribution in [2.75, 3.05) is 6.61 Å². The summed E-state index contributed by atoms with van der Waals surface area (Å²) in [5, 5.41) is 2.85. The summed E-state index contributed by atoms with van der Waals surface area (Å²) in [5.74, 6) is -0.268. The Morgan fingerprint density at radius 1 is 1.33 bits per heavy atom. The molecule has 0 saturated carbocycles. The Morgan fingerprint density at radius 2 is 2.05 bits per heavy atom. The maximum Gasteiger partial charge on any atom is 0.257 e. The second-order valence-electron chi connectivity index (χ2n) is 4.54. The van der Waals surface area contributed by atoms with Crippen molar-refractivity contribution in [3.05, 3.63) is 59.5 Å². The van der Waals surface area contributed by atoms with Crippen LogP contribution in [-0.2, 0) is 0 Å². The van der Waals surface area contributed by atoms with Crippen LogP contribution >= 0.6 is 0 Å². The van der Waals surface area contributed by atoms with E-state index in [2.05, 4.69) is 10.3 Å². The van der Waals surface area contributed by atoms with Gasteiger partial charge in [0.25, 0.3) is 5.91 Å². The first-order valence-corrected chi connectivity index (χ1v) is 6.76. The number of rotatable bonds is 5. The molecule has 0 radical (unpaired) electrons. The van der Waals surface area contributed by atoms with Crippen molar-refractivity contribution in [3.63, 3.8) is 0 Å². The summed E-state index contributed by atoms with van der Waals surface area (Å²) < 4.78 is 18.2. The summed E-state index contributed by atoms with van der Waals surface area (Å²) in [6.45, 7) is 4.10. The minimum Gasteiger partial charge on any atom is -0.477 e. The zero-order valence-corrected chi connectivity index (χ0v) is 12.0. The highest BCUT2D eigenvalue weighted by atomic mass is 19.1. The van der Waals surface area contributed by atoms with Crippen molar-refractivity contribution in [1.82, 2.24) is 10.3 Å². The first-order chi connectivity index (χ1) is 10.1. The van der Waals surface area contributed by atoms with Crippen LogP contribution in [0.25, 0.3) is 0 Å². The van der Waals surface area contributed by atoms with Crippen molar-refractivity contribution in [1.29, 1.82) is 0 Å². The normalized spacial score (nSPS) is 11.8. The third kappa shape index (κ3) is 3.78. The van der Waals surface area contributed by atoms with Crippen LogP contribution in [0, 0.1) is 5.82 Å². The first kappa shape index (κ1) is 15.0. The van der Waals surface area contributed by atoms with Gasteiger partial charge in [-0.1, -0.05) is 12.1 Å². The van der Waals surface area contributed by atoms with Crippen molar-refractivity contribution in [2.24, 2.45) is 0 Å². The average Bonchev–Trinajstić information content (AvgIpc) is 2.48. The zero-order chi connectivity index (χ0) is 15.2. The van der Waals surface area contributed by atoms with E-state index in [1.165, 1.54) is 12.1 Å². The zero-order valence-electron chi connectivity index (χ0n) is 12.0. The number of ether oxygens (including phenoxy) is 1. The largest absolute Gasteiger partial charge is 0.477 e. The highest BCUT2D eigenvalue weighted by Gasteiger charge is 2.16. The molecule has 21 heavy (non-hydrogen) atoms. The molecule has 1 atom stereocenters. The molecule has 1 N–H and O–H groups in total. The molecule has 0 bridgehead atoms. The van der Waals surface area contributed by atoms with Gasteiger partial charge in [0.15, 0.2) is 0 Å². The van der Waals surface area contributed by atoms with Crippen LogP contribution in [0.15, 0.2) is 42.6 Å². The van der Waals surface area contributed by atoms with E-state index in [0.29, 0.717) is 18.1 Å². The van der Waals surface area contributed by atoms with Crippen molar-refractivity contribution in [3.8, 4) is 5.88 Å². The third-order valence-electron chi connectivity index (χ3n) is 3.01. The molecule has 0 aliphatic rings. The number of nitrogens with one attached hydrogen (secondary N) is 1. The van der Waals surface area contributed by atoms with Crippen LogP contribution in [0.5, 0.6) is 5.88 Å². The molecule has 0 spiro atoms. The van der Waals surface area contributed by atoms with E-state index in [0.717, 1.165) is 5.56 Å². The van der Waals surface area contributed by atoms with Gasteiger partial charge in [0, 0.05) is 6.20 Å². The molecule has 2 rings (SSSR count). The fraction of sp³-hybridized carbons (Fsp3) is 0.250. The second-order valence-corrected chi connectivity index (χ2v) is 4.54. The summed E-state index contributed by atoms with van der Waals surface area (Å²) in [6, 6.07) is 9.12. The molecule has 0 fully saturated rings. The molecule has 110 valence electrons. The number of hydrogen-bond acceptors (Lipinski definition) is 3. The van der Waals surface area contributed by atoms with Crippen LogP contribution in [-0.4, -0.2) is 17.5 Å². The Balaban J connectivity index is 2.12. The maximum absolute atomic E-state index is 12.9. The maximum atomic E-state index is 12.9. The number of halogens is 1. The Bertz CT molecular complexity index is 614. The van der Waals surface area contributed by atoms with Crippen LogP contribution in [0.3, 0.4) is 0 Å². The lowest BCUT2D eigenvalue weighted by atomic mass is 10.1.